The molecule has 2 atom stereocenters. The van der Waals surface area contributed by atoms with Gasteiger partial charge in [0.05, 0.1) is 11.6 Å². The molecule has 0 aromatic heterocycles. The molecular formula is C12H13FN2O2. The second-order valence-corrected chi connectivity index (χ2v) is 4.15. The van der Waals surface area contributed by atoms with Gasteiger partial charge in [-0.2, -0.15) is 0 Å². The van der Waals surface area contributed by atoms with Crippen LogP contribution in [0.2, 0.25) is 0 Å². The first-order valence-electron chi connectivity index (χ1n) is 5.41. The second-order valence-electron chi connectivity index (χ2n) is 4.15. The van der Waals surface area contributed by atoms with Crippen molar-refractivity contribution >= 4 is 17.6 Å². The molecule has 1 aliphatic heterocycles. The molecular weight excluding hydrogens is 223 g/mol. The molecule has 1 N–H and O–H groups in total. The Bertz CT molecular complexity index is 475. The third kappa shape index (κ3) is 1.88. The van der Waals surface area contributed by atoms with E-state index in [1.54, 1.807) is 19.9 Å². The molecule has 0 spiro atoms. The maximum atomic E-state index is 13.6. The summed E-state index contributed by atoms with van der Waals surface area (Å²) in [6.45, 7) is 3.46. The number of urea groups is 1. The maximum Gasteiger partial charge on any atom is 0.329 e. The van der Waals surface area contributed by atoms with E-state index < -0.39 is 11.8 Å². The van der Waals surface area contributed by atoms with Crippen LogP contribution in [-0.2, 0) is 4.79 Å². The highest BCUT2D eigenvalue weighted by Gasteiger charge is 2.37. The Morgan fingerprint density at radius 1 is 1.24 bits per heavy atom. The third-order valence-corrected chi connectivity index (χ3v) is 3.01. The monoisotopic (exact) mass is 236 g/mol. The number of hydrogen-bond donors (Lipinski definition) is 1. The Morgan fingerprint density at radius 2 is 1.88 bits per heavy atom. The Labute approximate surface area is 98.4 Å². The number of nitrogens with one attached hydrogen (secondary N) is 1. The summed E-state index contributed by atoms with van der Waals surface area (Å²) >= 11 is 0. The van der Waals surface area contributed by atoms with Gasteiger partial charge >= 0.3 is 6.03 Å². The lowest BCUT2D eigenvalue weighted by molar-refractivity contribution is -0.122. The van der Waals surface area contributed by atoms with Crippen LogP contribution in [0.25, 0.3) is 0 Å². The number of amides is 3. The molecule has 5 heteroatoms. The van der Waals surface area contributed by atoms with Gasteiger partial charge in [-0.3, -0.25) is 4.79 Å². The summed E-state index contributed by atoms with van der Waals surface area (Å²) in [6, 6.07) is 4.91. The van der Waals surface area contributed by atoms with Gasteiger partial charge in [-0.25, -0.2) is 14.1 Å². The van der Waals surface area contributed by atoms with Crippen LogP contribution in [0, 0.1) is 11.7 Å². The van der Waals surface area contributed by atoms with Gasteiger partial charge in [-0.05, 0) is 19.1 Å². The smallest absolute Gasteiger partial charge is 0.329 e. The van der Waals surface area contributed by atoms with Gasteiger partial charge in [0.1, 0.15) is 5.82 Å². The first-order chi connectivity index (χ1) is 8.02. The summed E-state index contributed by atoms with van der Waals surface area (Å²) in [7, 11) is 0. The van der Waals surface area contributed by atoms with Gasteiger partial charge in [0.2, 0.25) is 5.91 Å². The van der Waals surface area contributed by atoms with Gasteiger partial charge in [0.15, 0.2) is 0 Å². The average Bonchev–Trinajstić information content (AvgIpc) is 2.29. The van der Waals surface area contributed by atoms with E-state index in [9.17, 15) is 14.0 Å². The van der Waals surface area contributed by atoms with Crippen LogP contribution in [0.4, 0.5) is 14.9 Å². The van der Waals surface area contributed by atoms with Crippen LogP contribution in [0.15, 0.2) is 24.3 Å². The standard InChI is InChI=1S/C12H13FN2O2/c1-7-8(2)14-12(17)15(11(7)16)10-6-4-3-5-9(10)13/h3-8H,1-2H3,(H,14,17). The van der Waals surface area contributed by atoms with Gasteiger partial charge < -0.3 is 5.32 Å². The van der Waals surface area contributed by atoms with E-state index in [2.05, 4.69) is 5.32 Å². The minimum absolute atomic E-state index is 0.00579. The molecule has 0 saturated carbocycles. The van der Waals surface area contributed by atoms with E-state index in [1.807, 2.05) is 0 Å². The lowest BCUT2D eigenvalue weighted by atomic mass is 9.99. The van der Waals surface area contributed by atoms with Crippen LogP contribution in [0.5, 0.6) is 0 Å². The number of nitrogens with zero attached hydrogens (tertiary/aromatic N) is 1. The fourth-order valence-corrected chi connectivity index (χ4v) is 1.76. The molecule has 1 saturated heterocycles. The highest BCUT2D eigenvalue weighted by Crippen LogP contribution is 2.24. The fourth-order valence-electron chi connectivity index (χ4n) is 1.76. The number of hydrogen-bond acceptors (Lipinski definition) is 2. The Morgan fingerprint density at radius 3 is 2.53 bits per heavy atom. The number of carbonyl (C=O) groups is 2. The van der Waals surface area contributed by atoms with Gasteiger partial charge in [0, 0.05) is 6.04 Å². The van der Waals surface area contributed by atoms with Crippen molar-refractivity contribution < 1.29 is 14.0 Å². The predicted molar refractivity (Wildman–Crippen MR) is 61.0 cm³/mol. The molecule has 4 nitrogen and oxygen atoms in total. The quantitative estimate of drug-likeness (QED) is 0.809. The van der Waals surface area contributed by atoms with Crippen molar-refractivity contribution in [3.05, 3.63) is 30.1 Å². The fraction of sp³-hybridized carbons (Fsp3) is 0.333. The zero-order chi connectivity index (χ0) is 12.6. The molecule has 17 heavy (non-hydrogen) atoms. The molecule has 1 aromatic carbocycles. The van der Waals surface area contributed by atoms with Crippen LogP contribution in [-0.4, -0.2) is 18.0 Å². The molecule has 2 unspecified atom stereocenters. The molecule has 0 aliphatic carbocycles. The Hall–Kier alpha value is -1.91. The lowest BCUT2D eigenvalue weighted by Crippen LogP contribution is -2.58. The third-order valence-electron chi connectivity index (χ3n) is 3.01. The van der Waals surface area contributed by atoms with E-state index in [0.29, 0.717) is 0 Å². The summed E-state index contributed by atoms with van der Waals surface area (Å²) in [6.07, 6.45) is 0. The number of anilines is 1. The summed E-state index contributed by atoms with van der Waals surface area (Å²) in [5.41, 5.74) is -0.00579. The van der Waals surface area contributed by atoms with Crippen molar-refractivity contribution in [1.29, 1.82) is 0 Å². The van der Waals surface area contributed by atoms with Gasteiger partial charge in [0.25, 0.3) is 0 Å². The second kappa shape index (κ2) is 4.16. The summed E-state index contributed by atoms with van der Waals surface area (Å²) < 4.78 is 13.6. The topological polar surface area (TPSA) is 49.4 Å². The molecule has 1 fully saturated rings. The van der Waals surface area contributed by atoms with E-state index in [0.717, 1.165) is 4.90 Å². The zero-order valence-electron chi connectivity index (χ0n) is 9.61. The largest absolute Gasteiger partial charge is 0.334 e. The Kier molecular flexibility index (Phi) is 2.83. The average molecular weight is 236 g/mol. The number of halogens is 1. The van der Waals surface area contributed by atoms with Crippen LogP contribution >= 0.6 is 0 Å². The van der Waals surface area contributed by atoms with Gasteiger partial charge in [-0.15, -0.1) is 0 Å². The number of carbonyl (C=O) groups excluding carboxylic acids is 2. The minimum atomic E-state index is -0.585. The molecule has 1 aliphatic rings. The first-order valence-corrected chi connectivity index (χ1v) is 5.41. The molecule has 1 aromatic rings. The summed E-state index contributed by atoms with van der Waals surface area (Å²) in [5, 5.41) is 2.63. The summed E-state index contributed by atoms with van der Waals surface area (Å²) in [5.74, 6) is -1.34. The van der Waals surface area contributed by atoms with Crippen molar-refractivity contribution in [3.8, 4) is 0 Å². The molecule has 0 bridgehead atoms. The molecule has 90 valence electrons. The van der Waals surface area contributed by atoms with Crippen LogP contribution in [0.3, 0.4) is 0 Å². The molecule has 1 heterocycles. The molecule has 0 radical (unpaired) electrons. The molecule has 3 amide bonds. The lowest BCUT2D eigenvalue weighted by Gasteiger charge is -2.34. The van der Waals surface area contributed by atoms with E-state index in [1.165, 1.54) is 18.2 Å². The van der Waals surface area contributed by atoms with Crippen LogP contribution in [0.1, 0.15) is 13.8 Å². The van der Waals surface area contributed by atoms with E-state index >= 15 is 0 Å². The first kappa shape index (κ1) is 11.6. The van der Waals surface area contributed by atoms with Crippen LogP contribution < -0.4 is 10.2 Å². The summed E-state index contributed by atoms with van der Waals surface area (Å²) in [4.78, 5) is 24.6. The normalized spacial score (nSPS) is 24.8. The van der Waals surface area contributed by atoms with Gasteiger partial charge in [-0.1, -0.05) is 19.1 Å². The van der Waals surface area contributed by atoms with Crippen molar-refractivity contribution in [1.82, 2.24) is 5.32 Å². The van der Waals surface area contributed by atoms with E-state index in [4.69, 9.17) is 0 Å². The number of rotatable bonds is 1. The minimum Gasteiger partial charge on any atom is -0.334 e. The van der Waals surface area contributed by atoms with Crippen molar-refractivity contribution in [2.24, 2.45) is 5.92 Å². The highest BCUT2D eigenvalue weighted by atomic mass is 19.1. The number of imide groups is 1. The van der Waals surface area contributed by atoms with Crippen molar-refractivity contribution in [3.63, 3.8) is 0 Å². The number of benzene rings is 1. The van der Waals surface area contributed by atoms with Crippen molar-refractivity contribution in [2.75, 3.05) is 4.90 Å². The van der Waals surface area contributed by atoms with Crippen molar-refractivity contribution in [2.45, 2.75) is 19.9 Å². The SMILES string of the molecule is CC1NC(=O)N(c2ccccc2F)C(=O)C1C. The number of para-hydroxylation sites is 1. The van der Waals surface area contributed by atoms with E-state index in [-0.39, 0.29) is 23.6 Å². The maximum absolute atomic E-state index is 13.6. The zero-order valence-corrected chi connectivity index (χ0v) is 9.61. The predicted octanol–water partition coefficient (Wildman–Crippen LogP) is 1.91. The highest BCUT2D eigenvalue weighted by molar-refractivity contribution is 6.16. The Balaban J connectivity index is 2.41. The molecule has 2 rings (SSSR count).